The Balaban J connectivity index is 1.92. The van der Waals surface area contributed by atoms with Crippen molar-refractivity contribution < 1.29 is 4.79 Å². The number of hydrogen-bond donors (Lipinski definition) is 1. The van der Waals surface area contributed by atoms with Crippen LogP contribution in [0.4, 0.5) is 5.69 Å². The molecule has 0 spiro atoms. The summed E-state index contributed by atoms with van der Waals surface area (Å²) in [5.41, 5.74) is 4.81. The zero-order valence-electron chi connectivity index (χ0n) is 12.5. The minimum absolute atomic E-state index is 0.159. The van der Waals surface area contributed by atoms with Crippen LogP contribution in [0.15, 0.2) is 29.6 Å². The summed E-state index contributed by atoms with van der Waals surface area (Å²) in [5, 5.41) is 9.07. The van der Waals surface area contributed by atoms with E-state index in [1.165, 1.54) is 5.56 Å². The van der Waals surface area contributed by atoms with Gasteiger partial charge in [-0.1, -0.05) is 28.3 Å². The summed E-state index contributed by atoms with van der Waals surface area (Å²) in [4.78, 5) is 14.1. The predicted molar refractivity (Wildman–Crippen MR) is 91.8 cm³/mol. The van der Waals surface area contributed by atoms with Gasteiger partial charge in [-0.2, -0.15) is 0 Å². The van der Waals surface area contributed by atoms with Gasteiger partial charge in [0.2, 0.25) is 0 Å². The molecular weight excluding hydrogens is 314 g/mol. The van der Waals surface area contributed by atoms with E-state index in [4.69, 9.17) is 0 Å². The molecule has 2 aromatic heterocycles. The van der Waals surface area contributed by atoms with E-state index in [0.29, 0.717) is 10.6 Å². The summed E-state index contributed by atoms with van der Waals surface area (Å²) in [5.74, 6) is -0.159. The fraction of sp³-hybridized carbons (Fsp3) is 0.188. The summed E-state index contributed by atoms with van der Waals surface area (Å²) in [6, 6.07) is 8.01. The van der Waals surface area contributed by atoms with Crippen molar-refractivity contribution in [3.05, 3.63) is 51.2 Å². The lowest BCUT2D eigenvalue weighted by Crippen LogP contribution is -2.13. The number of anilines is 1. The Morgan fingerprint density at radius 1 is 1.18 bits per heavy atom. The van der Waals surface area contributed by atoms with Gasteiger partial charge in [0.1, 0.15) is 10.6 Å². The third kappa shape index (κ3) is 2.80. The molecule has 0 bridgehead atoms. The molecule has 22 heavy (non-hydrogen) atoms. The fourth-order valence-electron chi connectivity index (χ4n) is 2.46. The highest BCUT2D eigenvalue weighted by Crippen LogP contribution is 2.29. The quantitative estimate of drug-likeness (QED) is 0.772. The summed E-state index contributed by atoms with van der Waals surface area (Å²) >= 11 is 2.67. The van der Waals surface area contributed by atoms with Crippen molar-refractivity contribution in [3.63, 3.8) is 0 Å². The molecule has 6 heteroatoms. The number of aromatic nitrogens is 2. The first-order valence-corrected chi connectivity index (χ1v) is 8.47. The first-order chi connectivity index (χ1) is 10.6. The third-order valence-corrected chi connectivity index (χ3v) is 4.97. The van der Waals surface area contributed by atoms with Crippen molar-refractivity contribution >= 4 is 34.5 Å². The number of nitrogens with one attached hydrogen (secondary N) is 1. The van der Waals surface area contributed by atoms with E-state index >= 15 is 0 Å². The molecule has 0 saturated carbocycles. The molecule has 3 aromatic rings. The normalized spacial score (nSPS) is 10.7. The Bertz CT molecular complexity index is 799. The number of nitrogens with zero attached hydrogens (tertiary/aromatic N) is 2. The van der Waals surface area contributed by atoms with E-state index in [0.717, 1.165) is 33.2 Å². The highest BCUT2D eigenvalue weighted by Gasteiger charge is 2.19. The van der Waals surface area contributed by atoms with Crippen LogP contribution in [0.1, 0.15) is 26.4 Å². The van der Waals surface area contributed by atoms with Gasteiger partial charge < -0.3 is 5.32 Å². The Hall–Kier alpha value is -2.05. The molecule has 1 N–H and O–H groups in total. The van der Waals surface area contributed by atoms with Gasteiger partial charge in [0, 0.05) is 5.69 Å². The zero-order valence-corrected chi connectivity index (χ0v) is 14.1. The van der Waals surface area contributed by atoms with Gasteiger partial charge in [-0.3, -0.25) is 4.79 Å². The number of thiophene rings is 1. The Kier molecular flexibility index (Phi) is 4.04. The molecule has 4 nitrogen and oxygen atoms in total. The number of benzene rings is 1. The number of carbonyl (C=O) groups is 1. The Morgan fingerprint density at radius 3 is 2.55 bits per heavy atom. The fourth-order valence-corrected chi connectivity index (χ4v) is 3.82. The SMILES string of the molecule is Cc1cc(C)c(NC(=O)c2snnc2-c2cccs2)c(C)c1. The lowest BCUT2D eigenvalue weighted by atomic mass is 10.1. The standard InChI is InChI=1S/C16H15N3OS2/c1-9-7-10(2)13(11(3)8-9)17-16(20)15-14(18-19-22-15)12-5-4-6-21-12/h4-8H,1-3H3,(H,17,20). The molecule has 0 atom stereocenters. The summed E-state index contributed by atoms with van der Waals surface area (Å²) in [6.45, 7) is 6.05. The van der Waals surface area contributed by atoms with Gasteiger partial charge in [-0.25, -0.2) is 0 Å². The molecule has 1 aromatic carbocycles. The second-order valence-corrected chi connectivity index (χ2v) is 6.86. The van der Waals surface area contributed by atoms with Gasteiger partial charge in [0.05, 0.1) is 4.88 Å². The molecular formula is C16H15N3OS2. The molecule has 3 rings (SSSR count). The maximum atomic E-state index is 12.6. The molecule has 0 unspecified atom stereocenters. The maximum Gasteiger partial charge on any atom is 0.269 e. The van der Waals surface area contributed by atoms with E-state index < -0.39 is 0 Å². The first-order valence-electron chi connectivity index (χ1n) is 6.81. The summed E-state index contributed by atoms with van der Waals surface area (Å²) < 4.78 is 3.94. The molecule has 0 saturated heterocycles. The van der Waals surface area contributed by atoms with E-state index in [1.54, 1.807) is 11.3 Å². The van der Waals surface area contributed by atoms with Crippen molar-refractivity contribution in [2.24, 2.45) is 0 Å². The number of hydrogen-bond acceptors (Lipinski definition) is 5. The van der Waals surface area contributed by atoms with Crippen LogP contribution >= 0.6 is 22.9 Å². The van der Waals surface area contributed by atoms with Crippen molar-refractivity contribution in [3.8, 4) is 10.6 Å². The maximum absolute atomic E-state index is 12.6. The molecule has 0 aliphatic rings. The summed E-state index contributed by atoms with van der Waals surface area (Å²) in [7, 11) is 0. The third-order valence-electron chi connectivity index (χ3n) is 3.36. The Labute approximate surface area is 137 Å². The lowest BCUT2D eigenvalue weighted by Gasteiger charge is -2.12. The van der Waals surface area contributed by atoms with Crippen LogP contribution < -0.4 is 5.32 Å². The largest absolute Gasteiger partial charge is 0.321 e. The first kappa shape index (κ1) is 14.9. The van der Waals surface area contributed by atoms with Crippen LogP contribution in [-0.2, 0) is 0 Å². The van der Waals surface area contributed by atoms with Crippen LogP contribution in [0.2, 0.25) is 0 Å². The van der Waals surface area contributed by atoms with Crippen molar-refractivity contribution in [1.29, 1.82) is 0 Å². The predicted octanol–water partition coefficient (Wildman–Crippen LogP) is 4.44. The lowest BCUT2D eigenvalue weighted by molar-refractivity contribution is 0.103. The smallest absolute Gasteiger partial charge is 0.269 e. The number of amides is 1. The van der Waals surface area contributed by atoms with Gasteiger partial charge in [0.25, 0.3) is 5.91 Å². The number of rotatable bonds is 3. The zero-order chi connectivity index (χ0) is 15.7. The second-order valence-electron chi connectivity index (χ2n) is 5.16. The molecule has 0 radical (unpaired) electrons. The average molecular weight is 329 g/mol. The molecule has 112 valence electrons. The van der Waals surface area contributed by atoms with E-state index in [-0.39, 0.29) is 5.91 Å². The van der Waals surface area contributed by atoms with Crippen LogP contribution in [0.3, 0.4) is 0 Å². The van der Waals surface area contributed by atoms with Gasteiger partial charge in [-0.15, -0.1) is 16.4 Å². The average Bonchev–Trinajstić information content (AvgIpc) is 3.11. The molecule has 0 aliphatic heterocycles. The topological polar surface area (TPSA) is 54.9 Å². The summed E-state index contributed by atoms with van der Waals surface area (Å²) in [6.07, 6.45) is 0. The minimum atomic E-state index is -0.159. The van der Waals surface area contributed by atoms with Crippen LogP contribution in [-0.4, -0.2) is 15.5 Å². The van der Waals surface area contributed by atoms with Gasteiger partial charge in [0.15, 0.2) is 0 Å². The molecule has 0 aliphatic carbocycles. The van der Waals surface area contributed by atoms with Crippen molar-refractivity contribution in [1.82, 2.24) is 9.59 Å². The highest BCUT2D eigenvalue weighted by atomic mass is 32.1. The van der Waals surface area contributed by atoms with Crippen molar-refractivity contribution in [2.45, 2.75) is 20.8 Å². The minimum Gasteiger partial charge on any atom is -0.321 e. The number of aryl methyl sites for hydroxylation is 3. The number of carbonyl (C=O) groups excluding carboxylic acids is 1. The molecule has 2 heterocycles. The van der Waals surface area contributed by atoms with Crippen molar-refractivity contribution in [2.75, 3.05) is 5.32 Å². The highest BCUT2D eigenvalue weighted by molar-refractivity contribution is 7.14. The monoisotopic (exact) mass is 329 g/mol. The van der Waals surface area contributed by atoms with Crippen LogP contribution in [0.5, 0.6) is 0 Å². The molecule has 1 amide bonds. The van der Waals surface area contributed by atoms with E-state index in [9.17, 15) is 4.79 Å². The Morgan fingerprint density at radius 2 is 1.91 bits per heavy atom. The second kappa shape index (κ2) is 5.98. The van der Waals surface area contributed by atoms with E-state index in [2.05, 4.69) is 27.0 Å². The van der Waals surface area contributed by atoms with Crippen LogP contribution in [0, 0.1) is 20.8 Å². The van der Waals surface area contributed by atoms with Crippen LogP contribution in [0.25, 0.3) is 10.6 Å². The van der Waals surface area contributed by atoms with Gasteiger partial charge in [-0.05, 0) is 54.9 Å². The molecule has 0 fully saturated rings. The van der Waals surface area contributed by atoms with Gasteiger partial charge >= 0.3 is 0 Å². The van der Waals surface area contributed by atoms with E-state index in [1.807, 2.05) is 38.3 Å².